The predicted octanol–water partition coefficient (Wildman–Crippen LogP) is -0.931. The van der Waals surface area contributed by atoms with Crippen molar-refractivity contribution in [2.24, 2.45) is 0 Å². The van der Waals surface area contributed by atoms with Gasteiger partial charge in [-0.25, -0.2) is 0 Å². The molecule has 4 heterocycles. The number of fused-ring (bicyclic) bond motifs is 5. The number of benzene rings is 2. The van der Waals surface area contributed by atoms with Crippen LogP contribution in [0.15, 0.2) is 6.07 Å². The highest BCUT2D eigenvalue weighted by molar-refractivity contribution is 6.13. The summed E-state index contributed by atoms with van der Waals surface area (Å²) >= 11 is 0. The lowest BCUT2D eigenvalue weighted by atomic mass is 9.77. The SMILES string of the molecule is COc1c2c(c(O)c3c4c(c(C)cc13)[C@H](O)[C@@H]1O[C@@](O)(C(OC)OC)[C@](O)(CO)[C@]1(O[C@H]1C[C@@H](O)[C@@](O)(C(C)=O)[C@H](C)O1)O4)C(=O)[C@@H](O)C[C@@H]2O[C@H]1C[C@@](C)(O)[C@H](OC(C)=O)[C@H](C)O1. The van der Waals surface area contributed by atoms with E-state index in [4.69, 9.17) is 47.4 Å². The molecule has 0 bridgehead atoms. The minimum absolute atomic E-state index is 0.00583. The van der Waals surface area contributed by atoms with E-state index in [0.717, 1.165) is 21.1 Å². The number of hydrogen-bond donors (Lipinski definition) is 9. The minimum Gasteiger partial charge on any atom is -0.506 e. The van der Waals surface area contributed by atoms with Crippen LogP contribution in [0.5, 0.6) is 17.2 Å². The van der Waals surface area contributed by atoms with E-state index < -0.39 is 144 Å². The van der Waals surface area contributed by atoms with Crippen LogP contribution in [0, 0.1) is 6.92 Å². The summed E-state index contributed by atoms with van der Waals surface area (Å²) in [7, 11) is 3.38. The van der Waals surface area contributed by atoms with Gasteiger partial charge in [-0.15, -0.1) is 0 Å². The zero-order valence-corrected chi connectivity index (χ0v) is 36.6. The smallest absolute Gasteiger partial charge is 0.303 e. The van der Waals surface area contributed by atoms with E-state index in [-0.39, 0.29) is 46.1 Å². The van der Waals surface area contributed by atoms with Gasteiger partial charge in [0.2, 0.25) is 11.9 Å². The zero-order chi connectivity index (χ0) is 47.4. The number of esters is 1. The molecule has 7 rings (SSSR count). The molecule has 64 heavy (non-hydrogen) atoms. The third kappa shape index (κ3) is 6.84. The first kappa shape index (κ1) is 48.2. The van der Waals surface area contributed by atoms with E-state index in [1.165, 1.54) is 40.9 Å². The fourth-order valence-electron chi connectivity index (χ4n) is 10.1. The molecule has 2 aromatic rings. The van der Waals surface area contributed by atoms with Gasteiger partial charge in [-0.3, -0.25) is 14.4 Å². The second-order valence-corrected chi connectivity index (χ2v) is 17.4. The van der Waals surface area contributed by atoms with Crippen molar-refractivity contribution in [2.45, 2.75) is 157 Å². The third-order valence-corrected chi connectivity index (χ3v) is 13.3. The van der Waals surface area contributed by atoms with Crippen molar-refractivity contribution >= 4 is 28.3 Å². The topological polar surface area (TPSA) is 326 Å². The Morgan fingerprint density at radius 3 is 2.17 bits per heavy atom. The van der Waals surface area contributed by atoms with Crippen molar-refractivity contribution in [2.75, 3.05) is 27.9 Å². The molecule has 356 valence electrons. The minimum atomic E-state index is -3.27. The molecule has 9 N–H and O–H groups in total. The molecule has 0 unspecified atom stereocenters. The molecule has 0 radical (unpaired) electrons. The van der Waals surface area contributed by atoms with Crippen molar-refractivity contribution in [1.29, 1.82) is 0 Å². The summed E-state index contributed by atoms with van der Waals surface area (Å²) in [5.41, 5.74) is -7.87. The standard InChI is InChI=1S/C42H56O22/c1-15-10-20-27(31(49)29-28(33(20)55-7)22(11-21(46)30(29)48)61-25-13-38(6,51)35(16(2)58-25)60-19(5)45)34-26(15)32(50)36-42(63-34,39(52,14-43)41(54,64-36)37(56-8)57-9)62-24-12-23(47)40(53,17(3)44)18(4)59-24/h10,16,18,21-25,32,35-37,43,46-47,49-54H,11-14H2,1-9H3/t16-,18-,21-,22-,23+,24-,25-,32-,35+,36-,38+,39+,40+,41-,42+/m0/s1. The Kier molecular flexibility index (Phi) is 12.5. The highest BCUT2D eigenvalue weighted by Crippen LogP contribution is 2.62. The van der Waals surface area contributed by atoms with Crippen LogP contribution in [0.1, 0.15) is 93.1 Å². The molecular weight excluding hydrogens is 856 g/mol. The molecule has 0 spiro atoms. The van der Waals surface area contributed by atoms with Crippen LogP contribution < -0.4 is 9.47 Å². The number of aryl methyl sites for hydroxylation is 1. The summed E-state index contributed by atoms with van der Waals surface area (Å²) < 4.78 is 58.9. The van der Waals surface area contributed by atoms with Gasteiger partial charge in [-0.05, 0) is 46.2 Å². The summed E-state index contributed by atoms with van der Waals surface area (Å²) in [6, 6.07) is 1.46. The molecule has 1 aliphatic carbocycles. The van der Waals surface area contributed by atoms with Gasteiger partial charge in [0.15, 0.2) is 42.0 Å². The van der Waals surface area contributed by atoms with Crippen LogP contribution in [-0.2, 0) is 47.5 Å². The second-order valence-electron chi connectivity index (χ2n) is 17.4. The van der Waals surface area contributed by atoms with Crippen molar-refractivity contribution in [3.8, 4) is 17.2 Å². The highest BCUT2D eigenvalue weighted by Gasteiger charge is 2.82. The summed E-state index contributed by atoms with van der Waals surface area (Å²) in [6.45, 7) is 6.47. The Bertz CT molecular complexity index is 2180. The van der Waals surface area contributed by atoms with Crippen molar-refractivity contribution in [3.05, 3.63) is 28.3 Å². The number of methoxy groups -OCH3 is 3. The number of phenolic OH excluding ortho intramolecular Hbond substituents is 1. The largest absolute Gasteiger partial charge is 0.506 e. The van der Waals surface area contributed by atoms with Crippen LogP contribution in [0.2, 0.25) is 0 Å². The zero-order valence-electron chi connectivity index (χ0n) is 36.6. The van der Waals surface area contributed by atoms with Crippen LogP contribution >= 0.6 is 0 Å². The molecule has 0 saturated carbocycles. The van der Waals surface area contributed by atoms with E-state index in [9.17, 15) is 60.3 Å². The molecule has 3 saturated heterocycles. The maximum atomic E-state index is 14.0. The molecule has 22 heteroatoms. The molecule has 5 aliphatic rings. The lowest BCUT2D eigenvalue weighted by molar-refractivity contribution is -0.401. The summed E-state index contributed by atoms with van der Waals surface area (Å²) in [6.07, 6.45) is -18.7. The van der Waals surface area contributed by atoms with Crippen molar-refractivity contribution < 1.29 is 108 Å². The van der Waals surface area contributed by atoms with Gasteiger partial charge >= 0.3 is 5.97 Å². The van der Waals surface area contributed by atoms with Gasteiger partial charge in [0.25, 0.3) is 11.6 Å². The number of carbonyl (C=O) groups is 3. The molecule has 22 nitrogen and oxygen atoms in total. The van der Waals surface area contributed by atoms with Crippen LogP contribution in [0.25, 0.3) is 10.8 Å². The maximum Gasteiger partial charge on any atom is 0.303 e. The van der Waals surface area contributed by atoms with Gasteiger partial charge < -0.3 is 93.3 Å². The second kappa shape index (κ2) is 16.6. The van der Waals surface area contributed by atoms with Crippen LogP contribution in [0.4, 0.5) is 0 Å². The summed E-state index contributed by atoms with van der Waals surface area (Å²) in [5.74, 6) is -10.2. The number of aromatic hydroxyl groups is 1. The van der Waals surface area contributed by atoms with Crippen LogP contribution in [0.3, 0.4) is 0 Å². The number of aliphatic hydroxyl groups is 8. The lowest BCUT2D eigenvalue weighted by Gasteiger charge is -2.51. The first-order chi connectivity index (χ1) is 29.8. The number of Topliss-reactive ketones (excluding diaryl/α,β-unsaturated/α-hetero) is 2. The first-order valence-electron chi connectivity index (χ1n) is 20.6. The Morgan fingerprint density at radius 1 is 0.969 bits per heavy atom. The monoisotopic (exact) mass is 912 g/mol. The number of ether oxygens (including phenoxy) is 10. The maximum absolute atomic E-state index is 14.0. The number of ketones is 2. The molecule has 2 aromatic carbocycles. The summed E-state index contributed by atoms with van der Waals surface area (Å²) in [4.78, 5) is 38.4. The molecule has 15 atom stereocenters. The number of aliphatic hydroxyl groups excluding tert-OH is 4. The van der Waals surface area contributed by atoms with E-state index in [1.54, 1.807) is 6.92 Å². The van der Waals surface area contributed by atoms with E-state index in [0.29, 0.717) is 0 Å². The van der Waals surface area contributed by atoms with Gasteiger partial charge in [0.1, 0.15) is 35.1 Å². The lowest BCUT2D eigenvalue weighted by Crippen LogP contribution is -2.75. The third-order valence-electron chi connectivity index (χ3n) is 13.3. The van der Waals surface area contributed by atoms with Crippen molar-refractivity contribution in [3.63, 3.8) is 0 Å². The molecular formula is C42H56O22. The number of phenols is 1. The molecule has 3 fully saturated rings. The average molecular weight is 913 g/mol. The van der Waals surface area contributed by atoms with Crippen molar-refractivity contribution in [1.82, 2.24) is 0 Å². The number of rotatable bonds is 11. The molecule has 4 aliphatic heterocycles. The Labute approximate surface area is 366 Å². The van der Waals surface area contributed by atoms with Crippen LogP contribution in [-0.4, -0.2) is 175 Å². The quantitative estimate of drug-likeness (QED) is 0.0971. The molecule has 0 aromatic heterocycles. The normalized spacial score (nSPS) is 40.7. The van der Waals surface area contributed by atoms with Gasteiger partial charge in [0, 0.05) is 56.9 Å². The van der Waals surface area contributed by atoms with E-state index in [2.05, 4.69) is 0 Å². The number of hydrogen-bond acceptors (Lipinski definition) is 22. The van der Waals surface area contributed by atoms with Gasteiger partial charge in [0.05, 0.1) is 49.1 Å². The van der Waals surface area contributed by atoms with Gasteiger partial charge in [-0.2, -0.15) is 0 Å². The summed E-state index contributed by atoms with van der Waals surface area (Å²) in [5, 5.41) is 105. The highest BCUT2D eigenvalue weighted by atomic mass is 16.8. The van der Waals surface area contributed by atoms with E-state index >= 15 is 0 Å². The Morgan fingerprint density at radius 2 is 1.62 bits per heavy atom. The fraction of sp³-hybridized carbons (Fsp3) is 0.690. The van der Waals surface area contributed by atoms with E-state index in [1.807, 2.05) is 0 Å². The average Bonchev–Trinajstić information content (AvgIpc) is 3.40. The Balaban J connectivity index is 1.42. The molecule has 0 amide bonds. The number of carbonyl (C=O) groups excluding carboxylic acids is 3. The van der Waals surface area contributed by atoms with Gasteiger partial charge in [-0.1, -0.05) is 0 Å². The first-order valence-corrected chi connectivity index (χ1v) is 20.6. The predicted molar refractivity (Wildman–Crippen MR) is 210 cm³/mol. The fourth-order valence-corrected chi connectivity index (χ4v) is 10.1. The Hall–Kier alpha value is -3.69.